The van der Waals surface area contributed by atoms with E-state index in [-0.39, 0.29) is 11.6 Å². The molecule has 0 atom stereocenters. The molecule has 0 aromatic heterocycles. The molecule has 0 N–H and O–H groups in total. The van der Waals surface area contributed by atoms with E-state index in [2.05, 4.69) is 0 Å². The first-order valence-corrected chi connectivity index (χ1v) is 9.45. The van der Waals surface area contributed by atoms with E-state index in [1.54, 1.807) is 24.3 Å². The Hall–Kier alpha value is -2.42. The quantitative estimate of drug-likeness (QED) is 0.291. The van der Waals surface area contributed by atoms with Crippen molar-refractivity contribution in [3.63, 3.8) is 0 Å². The Bertz CT molecular complexity index is 960. The highest BCUT2D eigenvalue weighted by atomic mass is 35.5. The summed E-state index contributed by atoms with van der Waals surface area (Å²) in [6.07, 6.45) is 1.52. The molecule has 6 nitrogen and oxygen atoms in total. The van der Waals surface area contributed by atoms with Crippen molar-refractivity contribution in [2.45, 2.75) is 6.92 Å². The van der Waals surface area contributed by atoms with E-state index >= 15 is 0 Å². The predicted octanol–water partition coefficient (Wildman–Crippen LogP) is 5.05. The van der Waals surface area contributed by atoms with E-state index in [1.165, 1.54) is 29.2 Å². The Kier molecular flexibility index (Phi) is 5.79. The number of anilines is 1. The van der Waals surface area contributed by atoms with Crippen LogP contribution in [0.1, 0.15) is 12.5 Å². The molecule has 2 aromatic carbocycles. The number of nitrogens with zero attached hydrogens (tertiary/aromatic N) is 2. The minimum absolute atomic E-state index is 0.104. The normalized spacial score (nSPS) is 15.5. The SMILES string of the molecule is CCOc1ccc(N2C(=O)/C(=C/c3cc([N+](=O)[O-])ccc3Cl)SC2=S)cc1. The molecule has 27 heavy (non-hydrogen) atoms. The molecular weight excluding hydrogens is 408 g/mol. The molecule has 1 heterocycles. The lowest BCUT2D eigenvalue weighted by Crippen LogP contribution is -2.27. The fourth-order valence-electron chi connectivity index (χ4n) is 2.44. The van der Waals surface area contributed by atoms with Crippen LogP contribution in [0.2, 0.25) is 5.02 Å². The summed E-state index contributed by atoms with van der Waals surface area (Å²) in [5.74, 6) is 0.391. The van der Waals surface area contributed by atoms with E-state index in [4.69, 9.17) is 28.6 Å². The van der Waals surface area contributed by atoms with Crippen molar-refractivity contribution in [2.24, 2.45) is 0 Å². The highest BCUT2D eigenvalue weighted by molar-refractivity contribution is 8.27. The summed E-state index contributed by atoms with van der Waals surface area (Å²) >= 11 is 12.6. The largest absolute Gasteiger partial charge is 0.494 e. The number of hydrogen-bond donors (Lipinski definition) is 0. The van der Waals surface area contributed by atoms with Crippen molar-refractivity contribution < 1.29 is 14.5 Å². The Morgan fingerprint density at radius 2 is 2.00 bits per heavy atom. The Morgan fingerprint density at radius 3 is 2.63 bits per heavy atom. The minimum atomic E-state index is -0.515. The molecule has 3 rings (SSSR count). The molecular formula is C18H13ClN2O4S2. The van der Waals surface area contributed by atoms with E-state index in [0.717, 1.165) is 11.8 Å². The molecule has 0 unspecified atom stereocenters. The summed E-state index contributed by atoms with van der Waals surface area (Å²) in [6.45, 7) is 2.44. The third-order valence-electron chi connectivity index (χ3n) is 3.68. The molecule has 0 radical (unpaired) electrons. The van der Waals surface area contributed by atoms with Gasteiger partial charge in [-0.25, -0.2) is 0 Å². The molecule has 0 bridgehead atoms. The summed E-state index contributed by atoms with van der Waals surface area (Å²) in [5.41, 5.74) is 0.903. The van der Waals surface area contributed by atoms with Crippen molar-refractivity contribution in [3.8, 4) is 5.75 Å². The van der Waals surface area contributed by atoms with Gasteiger partial charge in [-0.3, -0.25) is 19.8 Å². The number of carbonyl (C=O) groups is 1. The number of benzene rings is 2. The molecule has 138 valence electrons. The van der Waals surface area contributed by atoms with E-state index in [1.807, 2.05) is 6.92 Å². The van der Waals surface area contributed by atoms with Crippen LogP contribution in [0, 0.1) is 10.1 Å². The number of nitro benzene ring substituents is 1. The van der Waals surface area contributed by atoms with Crippen LogP contribution in [0.15, 0.2) is 47.4 Å². The first-order chi connectivity index (χ1) is 12.9. The van der Waals surface area contributed by atoms with Crippen LogP contribution in [0.4, 0.5) is 11.4 Å². The molecule has 1 saturated heterocycles. The number of thiocarbonyl (C=S) groups is 1. The number of hydrogen-bond acceptors (Lipinski definition) is 6. The molecule has 0 aliphatic carbocycles. The van der Waals surface area contributed by atoms with Gasteiger partial charge in [-0.05, 0) is 43.3 Å². The van der Waals surface area contributed by atoms with Crippen molar-refractivity contribution in [1.82, 2.24) is 0 Å². The summed E-state index contributed by atoms with van der Waals surface area (Å²) in [6, 6.07) is 11.1. The topological polar surface area (TPSA) is 72.7 Å². The number of amides is 1. The van der Waals surface area contributed by atoms with Gasteiger partial charge < -0.3 is 4.74 Å². The third kappa shape index (κ3) is 4.13. The second-order valence-electron chi connectivity index (χ2n) is 5.41. The van der Waals surface area contributed by atoms with Gasteiger partial charge in [0.1, 0.15) is 5.75 Å². The van der Waals surface area contributed by atoms with Crippen LogP contribution in [0.3, 0.4) is 0 Å². The average Bonchev–Trinajstić information content (AvgIpc) is 2.91. The van der Waals surface area contributed by atoms with Crippen molar-refractivity contribution >= 4 is 63.3 Å². The van der Waals surface area contributed by atoms with Gasteiger partial charge in [0.25, 0.3) is 11.6 Å². The number of non-ortho nitro benzene ring substituents is 1. The van der Waals surface area contributed by atoms with Gasteiger partial charge in [0.15, 0.2) is 4.32 Å². The van der Waals surface area contributed by atoms with E-state index in [0.29, 0.717) is 37.9 Å². The Labute approximate surface area is 169 Å². The van der Waals surface area contributed by atoms with Crippen molar-refractivity contribution in [2.75, 3.05) is 11.5 Å². The summed E-state index contributed by atoms with van der Waals surface area (Å²) in [7, 11) is 0. The predicted molar refractivity (Wildman–Crippen MR) is 111 cm³/mol. The number of halogens is 1. The van der Waals surface area contributed by atoms with Crippen LogP contribution in [-0.2, 0) is 4.79 Å². The second-order valence-corrected chi connectivity index (χ2v) is 7.49. The molecule has 2 aromatic rings. The fraction of sp³-hybridized carbons (Fsp3) is 0.111. The zero-order chi connectivity index (χ0) is 19.6. The zero-order valence-electron chi connectivity index (χ0n) is 14.0. The molecule has 1 aliphatic rings. The van der Waals surface area contributed by atoms with Gasteiger partial charge >= 0.3 is 0 Å². The van der Waals surface area contributed by atoms with Gasteiger partial charge in [-0.1, -0.05) is 35.6 Å². The second kappa shape index (κ2) is 8.08. The summed E-state index contributed by atoms with van der Waals surface area (Å²) < 4.78 is 5.77. The number of nitro groups is 1. The number of rotatable bonds is 5. The van der Waals surface area contributed by atoms with Crippen LogP contribution in [-0.4, -0.2) is 21.8 Å². The molecule has 0 spiro atoms. The first kappa shape index (κ1) is 19.3. The van der Waals surface area contributed by atoms with Crippen LogP contribution >= 0.6 is 35.6 Å². The number of carbonyl (C=O) groups excluding carboxylic acids is 1. The Balaban J connectivity index is 1.91. The zero-order valence-corrected chi connectivity index (χ0v) is 16.4. The van der Waals surface area contributed by atoms with Gasteiger partial charge in [-0.2, -0.15) is 0 Å². The maximum atomic E-state index is 12.8. The van der Waals surface area contributed by atoms with E-state index < -0.39 is 4.92 Å². The molecule has 9 heteroatoms. The monoisotopic (exact) mass is 420 g/mol. The lowest BCUT2D eigenvalue weighted by atomic mass is 10.2. The average molecular weight is 421 g/mol. The maximum Gasteiger partial charge on any atom is 0.270 e. The van der Waals surface area contributed by atoms with Gasteiger partial charge in [0.2, 0.25) is 0 Å². The van der Waals surface area contributed by atoms with Gasteiger partial charge in [0.05, 0.1) is 22.1 Å². The lowest BCUT2D eigenvalue weighted by molar-refractivity contribution is -0.384. The highest BCUT2D eigenvalue weighted by Gasteiger charge is 2.33. The summed E-state index contributed by atoms with van der Waals surface area (Å²) in [4.78, 5) is 25.0. The molecule has 0 saturated carbocycles. The standard InChI is InChI=1S/C18H13ClN2O4S2/c1-2-25-14-6-3-12(4-7-14)20-17(22)16(27-18(20)26)10-11-9-13(21(23)24)5-8-15(11)19/h3-10H,2H2,1H3/b16-10-. The highest BCUT2D eigenvalue weighted by Crippen LogP contribution is 2.37. The van der Waals surface area contributed by atoms with Gasteiger partial charge in [-0.15, -0.1) is 0 Å². The van der Waals surface area contributed by atoms with Gasteiger partial charge in [0, 0.05) is 22.7 Å². The molecule has 1 aliphatic heterocycles. The fourth-order valence-corrected chi connectivity index (χ4v) is 3.91. The smallest absolute Gasteiger partial charge is 0.270 e. The van der Waals surface area contributed by atoms with Crippen LogP contribution in [0.5, 0.6) is 5.75 Å². The number of ether oxygens (including phenoxy) is 1. The molecule has 1 fully saturated rings. The Morgan fingerprint density at radius 1 is 1.30 bits per heavy atom. The number of thioether (sulfide) groups is 1. The van der Waals surface area contributed by atoms with Crippen LogP contribution in [0.25, 0.3) is 6.08 Å². The first-order valence-electron chi connectivity index (χ1n) is 7.85. The van der Waals surface area contributed by atoms with Crippen molar-refractivity contribution in [3.05, 3.63) is 68.1 Å². The van der Waals surface area contributed by atoms with Crippen LogP contribution < -0.4 is 9.64 Å². The molecule has 1 amide bonds. The minimum Gasteiger partial charge on any atom is -0.494 e. The van der Waals surface area contributed by atoms with E-state index in [9.17, 15) is 14.9 Å². The van der Waals surface area contributed by atoms with Crippen molar-refractivity contribution in [1.29, 1.82) is 0 Å². The third-order valence-corrected chi connectivity index (χ3v) is 5.32. The maximum absolute atomic E-state index is 12.8. The lowest BCUT2D eigenvalue weighted by Gasteiger charge is -2.15. The summed E-state index contributed by atoms with van der Waals surface area (Å²) in [5, 5.41) is 11.3.